The summed E-state index contributed by atoms with van der Waals surface area (Å²) in [6, 6.07) is 26.9. The molecule has 0 aromatic heterocycles. The van der Waals surface area contributed by atoms with Crippen LogP contribution in [0.25, 0.3) is 11.1 Å². The fraction of sp³-hybridized carbons (Fsp3) is 0.387. The van der Waals surface area contributed by atoms with Crippen LogP contribution in [0.3, 0.4) is 0 Å². The van der Waals surface area contributed by atoms with Crippen molar-refractivity contribution in [2.75, 3.05) is 44.2 Å². The van der Waals surface area contributed by atoms with Gasteiger partial charge in [0.25, 0.3) is 0 Å². The molecule has 1 saturated heterocycles. The number of halogens is 1. The number of carbonyl (C=O) groups excluding carboxylic acids is 1. The van der Waals surface area contributed by atoms with Gasteiger partial charge < -0.3 is 9.64 Å². The number of anilines is 1. The molecular formula is C31H37ClN2O2. The normalized spacial score (nSPS) is 15.9. The minimum absolute atomic E-state index is 0.0934. The van der Waals surface area contributed by atoms with Crippen molar-refractivity contribution in [2.24, 2.45) is 0 Å². The predicted octanol–water partition coefficient (Wildman–Crippen LogP) is 6.82. The molecule has 4 rings (SSSR count). The van der Waals surface area contributed by atoms with Crippen LogP contribution in [-0.2, 0) is 14.9 Å². The van der Waals surface area contributed by atoms with Gasteiger partial charge in [-0.1, -0.05) is 73.1 Å². The maximum Gasteiger partial charge on any atom is 0.316 e. The Morgan fingerprint density at radius 3 is 2.28 bits per heavy atom. The number of carbonyl (C=O) groups is 1. The van der Waals surface area contributed by atoms with E-state index in [9.17, 15) is 4.79 Å². The second-order valence-electron chi connectivity index (χ2n) is 9.51. The molecule has 0 aliphatic carbocycles. The van der Waals surface area contributed by atoms with Gasteiger partial charge in [-0.2, -0.15) is 0 Å². The molecule has 0 amide bonds. The van der Waals surface area contributed by atoms with Gasteiger partial charge in [0.05, 0.1) is 12.0 Å². The first-order valence-corrected chi connectivity index (χ1v) is 13.5. The van der Waals surface area contributed by atoms with E-state index in [2.05, 4.69) is 65.3 Å². The predicted molar refractivity (Wildman–Crippen MR) is 150 cm³/mol. The van der Waals surface area contributed by atoms with Crippen LogP contribution >= 0.6 is 11.6 Å². The molecule has 190 valence electrons. The van der Waals surface area contributed by atoms with Crippen molar-refractivity contribution in [1.29, 1.82) is 0 Å². The topological polar surface area (TPSA) is 32.8 Å². The number of hydrogen-bond acceptors (Lipinski definition) is 4. The summed E-state index contributed by atoms with van der Waals surface area (Å²) >= 11 is 6.06. The summed E-state index contributed by atoms with van der Waals surface area (Å²) in [7, 11) is 0. The van der Waals surface area contributed by atoms with Crippen molar-refractivity contribution in [1.82, 2.24) is 4.90 Å². The highest BCUT2D eigenvalue weighted by Gasteiger charge is 2.39. The second-order valence-corrected chi connectivity index (χ2v) is 9.95. The first-order chi connectivity index (χ1) is 17.6. The zero-order valence-electron chi connectivity index (χ0n) is 21.5. The largest absolute Gasteiger partial charge is 0.465 e. The summed E-state index contributed by atoms with van der Waals surface area (Å²) in [4.78, 5) is 18.1. The van der Waals surface area contributed by atoms with E-state index < -0.39 is 5.41 Å². The standard InChI is InChI=1S/C31H37ClN2O2/c1-3-31(30(35)36-4-2,27-11-6-5-7-12-27)18-9-19-33-20-22-34(23-21-33)29-13-8-10-26(24-29)25-14-16-28(32)17-15-25/h5-8,10-17,24H,3-4,9,18-23H2,1-2H3. The zero-order chi connectivity index (χ0) is 25.4. The van der Waals surface area contributed by atoms with Crippen molar-refractivity contribution in [2.45, 2.75) is 38.5 Å². The lowest BCUT2D eigenvalue weighted by atomic mass is 9.74. The summed E-state index contributed by atoms with van der Waals surface area (Å²) in [5.41, 5.74) is 4.15. The third-order valence-electron chi connectivity index (χ3n) is 7.44. The molecule has 4 nitrogen and oxygen atoms in total. The first kappa shape index (κ1) is 26.2. The molecule has 36 heavy (non-hydrogen) atoms. The molecule has 1 aliphatic heterocycles. The van der Waals surface area contributed by atoms with Crippen LogP contribution in [0.1, 0.15) is 38.7 Å². The Balaban J connectivity index is 1.34. The molecule has 0 N–H and O–H groups in total. The molecule has 3 aromatic rings. The molecule has 0 bridgehead atoms. The quantitative estimate of drug-likeness (QED) is 0.283. The Kier molecular flexibility index (Phi) is 9.06. The third-order valence-corrected chi connectivity index (χ3v) is 7.69. The Bertz CT molecular complexity index is 1110. The molecule has 1 atom stereocenters. The summed E-state index contributed by atoms with van der Waals surface area (Å²) in [5, 5.41) is 0.758. The van der Waals surface area contributed by atoms with Gasteiger partial charge in [-0.15, -0.1) is 0 Å². The molecule has 5 heteroatoms. The monoisotopic (exact) mass is 504 g/mol. The van der Waals surface area contributed by atoms with Crippen LogP contribution in [0, 0.1) is 0 Å². The molecule has 1 unspecified atom stereocenters. The van der Waals surface area contributed by atoms with Gasteiger partial charge in [-0.25, -0.2) is 0 Å². The van der Waals surface area contributed by atoms with Crippen LogP contribution in [0.15, 0.2) is 78.9 Å². The number of rotatable bonds is 10. The molecule has 1 aliphatic rings. The van der Waals surface area contributed by atoms with Crippen molar-refractivity contribution in [3.8, 4) is 11.1 Å². The lowest BCUT2D eigenvalue weighted by molar-refractivity contribution is -0.150. The average molecular weight is 505 g/mol. The van der Waals surface area contributed by atoms with Crippen molar-refractivity contribution >= 4 is 23.3 Å². The maximum atomic E-state index is 13.1. The van der Waals surface area contributed by atoms with Gasteiger partial charge >= 0.3 is 5.97 Å². The lowest BCUT2D eigenvalue weighted by Crippen LogP contribution is -2.47. The Labute approximate surface area is 220 Å². The lowest BCUT2D eigenvalue weighted by Gasteiger charge is -2.37. The highest BCUT2D eigenvalue weighted by molar-refractivity contribution is 6.30. The van der Waals surface area contributed by atoms with Crippen molar-refractivity contribution in [3.05, 3.63) is 89.4 Å². The molecular weight excluding hydrogens is 468 g/mol. The van der Waals surface area contributed by atoms with Crippen LogP contribution in [0.2, 0.25) is 5.02 Å². The van der Waals surface area contributed by atoms with E-state index in [1.165, 1.54) is 16.8 Å². The third kappa shape index (κ3) is 6.11. The van der Waals surface area contributed by atoms with Crippen LogP contribution in [0.5, 0.6) is 0 Å². The van der Waals surface area contributed by atoms with Crippen molar-refractivity contribution in [3.63, 3.8) is 0 Å². The summed E-state index contributed by atoms with van der Waals surface area (Å²) in [5.74, 6) is -0.0934. The fourth-order valence-corrected chi connectivity index (χ4v) is 5.40. The van der Waals surface area contributed by atoms with E-state index in [0.29, 0.717) is 6.61 Å². The number of piperazine rings is 1. The van der Waals surface area contributed by atoms with E-state index in [-0.39, 0.29) is 5.97 Å². The maximum absolute atomic E-state index is 13.1. The molecule has 1 heterocycles. The fourth-order valence-electron chi connectivity index (χ4n) is 5.27. The number of nitrogens with zero attached hydrogens (tertiary/aromatic N) is 2. The molecule has 1 fully saturated rings. The van der Waals surface area contributed by atoms with E-state index in [1.54, 1.807) is 0 Å². The highest BCUT2D eigenvalue weighted by atomic mass is 35.5. The highest BCUT2D eigenvalue weighted by Crippen LogP contribution is 2.35. The van der Waals surface area contributed by atoms with E-state index >= 15 is 0 Å². The Morgan fingerprint density at radius 2 is 1.61 bits per heavy atom. The van der Waals surface area contributed by atoms with E-state index in [4.69, 9.17) is 16.3 Å². The van der Waals surface area contributed by atoms with Crippen LogP contribution in [-0.4, -0.2) is 50.2 Å². The minimum Gasteiger partial charge on any atom is -0.465 e. The van der Waals surface area contributed by atoms with Gasteiger partial charge in [-0.3, -0.25) is 9.69 Å². The number of benzene rings is 3. The van der Waals surface area contributed by atoms with Gasteiger partial charge in [-0.05, 0) is 73.7 Å². The second kappa shape index (κ2) is 12.4. The van der Waals surface area contributed by atoms with Crippen molar-refractivity contribution < 1.29 is 9.53 Å². The number of ether oxygens (including phenoxy) is 1. The van der Waals surface area contributed by atoms with Gasteiger partial charge in [0.15, 0.2) is 0 Å². The van der Waals surface area contributed by atoms with Crippen LogP contribution in [0.4, 0.5) is 5.69 Å². The van der Waals surface area contributed by atoms with Gasteiger partial charge in [0.1, 0.15) is 0 Å². The average Bonchev–Trinajstić information content (AvgIpc) is 2.93. The van der Waals surface area contributed by atoms with Gasteiger partial charge in [0.2, 0.25) is 0 Å². The summed E-state index contributed by atoms with van der Waals surface area (Å²) in [6.07, 6.45) is 2.51. The van der Waals surface area contributed by atoms with Gasteiger partial charge in [0, 0.05) is 36.9 Å². The van der Waals surface area contributed by atoms with E-state index in [0.717, 1.165) is 62.6 Å². The summed E-state index contributed by atoms with van der Waals surface area (Å²) < 4.78 is 5.54. The first-order valence-electron chi connectivity index (χ1n) is 13.1. The SMILES string of the molecule is CCOC(=O)C(CC)(CCCN1CCN(c2cccc(-c3ccc(Cl)cc3)c2)CC1)c1ccccc1. The molecule has 0 spiro atoms. The van der Waals surface area contributed by atoms with Crippen LogP contribution < -0.4 is 4.90 Å². The molecule has 0 saturated carbocycles. The minimum atomic E-state index is -0.568. The molecule has 0 radical (unpaired) electrons. The van der Waals surface area contributed by atoms with E-state index in [1.807, 2.05) is 37.3 Å². The Hall–Kier alpha value is -2.82. The zero-order valence-corrected chi connectivity index (χ0v) is 22.2. The number of esters is 1. The smallest absolute Gasteiger partial charge is 0.316 e. The Morgan fingerprint density at radius 1 is 0.889 bits per heavy atom. The summed E-state index contributed by atoms with van der Waals surface area (Å²) in [6.45, 7) is 9.43. The number of hydrogen-bond donors (Lipinski definition) is 0. The molecule has 3 aromatic carbocycles.